The molecule has 0 amide bonds. The van der Waals surface area contributed by atoms with Gasteiger partial charge in [-0.1, -0.05) is 6.92 Å². The van der Waals surface area contributed by atoms with Gasteiger partial charge in [-0.25, -0.2) is 4.98 Å². The minimum Gasteiger partial charge on any atom is -0.380 e. The number of thiazole rings is 1. The Morgan fingerprint density at radius 1 is 1.20 bits per heavy atom. The summed E-state index contributed by atoms with van der Waals surface area (Å²) in [6.07, 6.45) is 5.65. The van der Waals surface area contributed by atoms with Crippen LogP contribution >= 0.6 is 11.3 Å². The Morgan fingerprint density at radius 2 is 1.95 bits per heavy atom. The van der Waals surface area contributed by atoms with Crippen LogP contribution in [0, 0.1) is 0 Å². The number of hydrogen-bond acceptors (Lipinski definition) is 4. The van der Waals surface area contributed by atoms with Gasteiger partial charge in [0, 0.05) is 35.5 Å². The molecular weight excluding hydrogens is 266 g/mol. The molecule has 0 unspecified atom stereocenters. The summed E-state index contributed by atoms with van der Waals surface area (Å²) in [6.45, 7) is 5.41. The van der Waals surface area contributed by atoms with Crippen molar-refractivity contribution >= 4 is 22.7 Å². The van der Waals surface area contributed by atoms with Gasteiger partial charge in [-0.15, -0.1) is 11.3 Å². The van der Waals surface area contributed by atoms with E-state index in [9.17, 15) is 0 Å². The van der Waals surface area contributed by atoms with Crippen LogP contribution in [-0.4, -0.2) is 18.1 Å². The topological polar surface area (TPSA) is 28.2 Å². The van der Waals surface area contributed by atoms with Crippen molar-refractivity contribution in [3.63, 3.8) is 0 Å². The van der Waals surface area contributed by atoms with E-state index in [1.54, 1.807) is 11.3 Å². The average molecular weight is 287 g/mol. The second-order valence-electron chi connectivity index (χ2n) is 5.17. The number of aryl methyl sites for hydroxylation is 1. The van der Waals surface area contributed by atoms with E-state index < -0.39 is 0 Å². The summed E-state index contributed by atoms with van der Waals surface area (Å²) in [5, 5.41) is 4.68. The van der Waals surface area contributed by atoms with E-state index in [1.807, 2.05) is 6.20 Å². The molecular formula is C16H21N3S. The Balaban J connectivity index is 1.57. The highest BCUT2D eigenvalue weighted by atomic mass is 32.1. The first-order chi connectivity index (χ1) is 9.85. The molecule has 0 saturated carbocycles. The molecule has 0 aliphatic carbocycles. The molecule has 3 rings (SSSR count). The lowest BCUT2D eigenvalue weighted by molar-refractivity contribution is 0.949. The Hall–Kier alpha value is -1.55. The number of benzene rings is 1. The third-order valence-corrected chi connectivity index (χ3v) is 4.85. The Bertz CT molecular complexity index is 541. The molecule has 1 aromatic carbocycles. The van der Waals surface area contributed by atoms with Gasteiger partial charge in [0.2, 0.25) is 0 Å². The van der Waals surface area contributed by atoms with Crippen molar-refractivity contribution in [1.29, 1.82) is 0 Å². The number of nitrogens with zero attached hydrogens (tertiary/aromatic N) is 2. The van der Waals surface area contributed by atoms with Crippen molar-refractivity contribution in [3.8, 4) is 0 Å². The van der Waals surface area contributed by atoms with E-state index in [2.05, 4.69) is 46.4 Å². The Labute approximate surface area is 124 Å². The zero-order chi connectivity index (χ0) is 13.8. The maximum atomic E-state index is 4.39. The highest BCUT2D eigenvalue weighted by Gasteiger charge is 2.11. The molecule has 1 aliphatic heterocycles. The van der Waals surface area contributed by atoms with Crippen LogP contribution in [0.2, 0.25) is 0 Å². The normalized spacial score (nSPS) is 14.8. The second-order valence-corrected chi connectivity index (χ2v) is 6.37. The molecule has 1 aromatic heterocycles. The molecule has 2 aromatic rings. The summed E-state index contributed by atoms with van der Waals surface area (Å²) in [6, 6.07) is 8.79. The van der Waals surface area contributed by atoms with Gasteiger partial charge < -0.3 is 10.2 Å². The van der Waals surface area contributed by atoms with Gasteiger partial charge in [0.1, 0.15) is 0 Å². The van der Waals surface area contributed by atoms with E-state index in [0.717, 1.165) is 13.0 Å². The molecule has 1 aliphatic rings. The van der Waals surface area contributed by atoms with Crippen LogP contribution in [0.3, 0.4) is 0 Å². The molecule has 3 nitrogen and oxygen atoms in total. The molecule has 0 radical (unpaired) electrons. The third-order valence-electron chi connectivity index (χ3n) is 3.71. The van der Waals surface area contributed by atoms with Crippen molar-refractivity contribution in [2.24, 2.45) is 0 Å². The maximum absolute atomic E-state index is 4.39. The molecule has 0 atom stereocenters. The van der Waals surface area contributed by atoms with Crippen LogP contribution in [0.25, 0.3) is 0 Å². The zero-order valence-electron chi connectivity index (χ0n) is 11.9. The standard InChI is InChI=1S/C16H21N3S/c1-2-16-18-12-15(20-16)11-17-13-5-7-14(8-6-13)19-9-3-4-10-19/h5-8,12,17H,2-4,9-11H2,1H3. The number of hydrogen-bond donors (Lipinski definition) is 1. The van der Waals surface area contributed by atoms with Crippen molar-refractivity contribution in [2.45, 2.75) is 32.7 Å². The van der Waals surface area contributed by atoms with Gasteiger partial charge in [0.05, 0.1) is 11.6 Å². The monoisotopic (exact) mass is 287 g/mol. The molecule has 0 bridgehead atoms. The predicted molar refractivity (Wildman–Crippen MR) is 86.7 cm³/mol. The van der Waals surface area contributed by atoms with Gasteiger partial charge in [-0.2, -0.15) is 0 Å². The summed E-state index contributed by atoms with van der Waals surface area (Å²) in [5.74, 6) is 0. The highest BCUT2D eigenvalue weighted by molar-refractivity contribution is 7.11. The average Bonchev–Trinajstić information content (AvgIpc) is 3.17. The van der Waals surface area contributed by atoms with Crippen molar-refractivity contribution < 1.29 is 0 Å². The molecule has 1 fully saturated rings. The van der Waals surface area contributed by atoms with Gasteiger partial charge in [0.25, 0.3) is 0 Å². The minimum absolute atomic E-state index is 0.862. The number of aromatic nitrogens is 1. The summed E-state index contributed by atoms with van der Waals surface area (Å²) in [4.78, 5) is 8.14. The summed E-state index contributed by atoms with van der Waals surface area (Å²) in [7, 11) is 0. The van der Waals surface area contributed by atoms with Gasteiger partial charge in [0.15, 0.2) is 0 Å². The highest BCUT2D eigenvalue weighted by Crippen LogP contribution is 2.22. The van der Waals surface area contributed by atoms with E-state index in [0.29, 0.717) is 0 Å². The Morgan fingerprint density at radius 3 is 2.60 bits per heavy atom. The molecule has 106 valence electrons. The van der Waals surface area contributed by atoms with Crippen LogP contribution in [-0.2, 0) is 13.0 Å². The number of rotatable bonds is 5. The van der Waals surface area contributed by atoms with Crippen LogP contribution in [0.5, 0.6) is 0 Å². The fourth-order valence-corrected chi connectivity index (χ4v) is 3.35. The lowest BCUT2D eigenvalue weighted by Gasteiger charge is -2.17. The van der Waals surface area contributed by atoms with E-state index >= 15 is 0 Å². The van der Waals surface area contributed by atoms with E-state index in [4.69, 9.17) is 0 Å². The predicted octanol–water partition coefficient (Wildman–Crippen LogP) is 3.92. The summed E-state index contributed by atoms with van der Waals surface area (Å²) < 4.78 is 0. The first-order valence-corrected chi connectivity index (χ1v) is 8.19. The first kappa shape index (κ1) is 13.4. The third kappa shape index (κ3) is 3.12. The quantitative estimate of drug-likeness (QED) is 0.903. The molecule has 20 heavy (non-hydrogen) atoms. The van der Waals surface area contributed by atoms with Crippen molar-refractivity contribution in [2.75, 3.05) is 23.3 Å². The largest absolute Gasteiger partial charge is 0.380 e. The second kappa shape index (κ2) is 6.27. The fraction of sp³-hybridized carbons (Fsp3) is 0.438. The molecule has 4 heteroatoms. The molecule has 1 saturated heterocycles. The van der Waals surface area contributed by atoms with Crippen LogP contribution < -0.4 is 10.2 Å². The zero-order valence-corrected chi connectivity index (χ0v) is 12.7. The van der Waals surface area contributed by atoms with Crippen LogP contribution in [0.1, 0.15) is 29.7 Å². The van der Waals surface area contributed by atoms with Gasteiger partial charge in [-0.3, -0.25) is 0 Å². The van der Waals surface area contributed by atoms with Crippen molar-refractivity contribution in [3.05, 3.63) is 40.3 Å². The van der Waals surface area contributed by atoms with E-state index in [1.165, 1.54) is 47.2 Å². The lowest BCUT2D eigenvalue weighted by atomic mass is 10.2. The SMILES string of the molecule is CCc1ncc(CNc2ccc(N3CCCC3)cc2)s1. The first-order valence-electron chi connectivity index (χ1n) is 7.37. The van der Waals surface area contributed by atoms with Crippen molar-refractivity contribution in [1.82, 2.24) is 4.98 Å². The Kier molecular flexibility index (Phi) is 4.21. The summed E-state index contributed by atoms with van der Waals surface area (Å²) in [5.41, 5.74) is 2.53. The van der Waals surface area contributed by atoms with Gasteiger partial charge >= 0.3 is 0 Å². The fourth-order valence-electron chi connectivity index (χ4n) is 2.55. The molecule has 2 heterocycles. The van der Waals surface area contributed by atoms with Crippen LogP contribution in [0.4, 0.5) is 11.4 Å². The number of nitrogens with one attached hydrogen (secondary N) is 1. The smallest absolute Gasteiger partial charge is 0.0925 e. The molecule has 0 spiro atoms. The summed E-state index contributed by atoms with van der Waals surface area (Å²) >= 11 is 1.79. The number of anilines is 2. The minimum atomic E-state index is 0.862. The van der Waals surface area contributed by atoms with Gasteiger partial charge in [-0.05, 0) is 43.5 Å². The maximum Gasteiger partial charge on any atom is 0.0925 e. The molecule has 1 N–H and O–H groups in total. The van der Waals surface area contributed by atoms with Crippen LogP contribution in [0.15, 0.2) is 30.5 Å². The lowest BCUT2D eigenvalue weighted by Crippen LogP contribution is -2.17. The van der Waals surface area contributed by atoms with E-state index in [-0.39, 0.29) is 0 Å².